The number of fused-ring (bicyclic) bond motifs is 1. The Bertz CT molecular complexity index is 865. The lowest BCUT2D eigenvalue weighted by Gasteiger charge is -2.36. The van der Waals surface area contributed by atoms with Gasteiger partial charge in [-0.2, -0.15) is 5.26 Å². The Kier molecular flexibility index (Phi) is 6.45. The van der Waals surface area contributed by atoms with Crippen molar-refractivity contribution in [3.8, 4) is 6.07 Å². The average Bonchev–Trinajstić information content (AvgIpc) is 2.67. The fraction of sp³-hybridized carbons (Fsp3) is 0.545. The monoisotopic (exact) mass is 379 g/mol. The molecule has 28 heavy (non-hydrogen) atoms. The summed E-state index contributed by atoms with van der Waals surface area (Å²) in [6, 6.07) is 9.80. The third-order valence-electron chi connectivity index (χ3n) is 5.24. The van der Waals surface area contributed by atoms with E-state index in [-0.39, 0.29) is 5.91 Å². The quantitative estimate of drug-likeness (QED) is 0.775. The van der Waals surface area contributed by atoms with E-state index in [0.717, 1.165) is 31.4 Å². The first kappa shape index (κ1) is 20.1. The van der Waals surface area contributed by atoms with Crippen molar-refractivity contribution < 1.29 is 4.79 Å². The molecule has 2 heterocycles. The summed E-state index contributed by atoms with van der Waals surface area (Å²) < 4.78 is 0. The van der Waals surface area contributed by atoms with Gasteiger partial charge in [-0.3, -0.25) is 4.79 Å². The van der Waals surface area contributed by atoms with Gasteiger partial charge in [0.05, 0.1) is 17.1 Å². The molecule has 0 unspecified atom stereocenters. The molecule has 148 valence electrons. The number of nitrogens with zero attached hydrogens (tertiary/aromatic N) is 4. The topological polar surface area (TPSA) is 81.9 Å². The van der Waals surface area contributed by atoms with Crippen molar-refractivity contribution >= 4 is 22.8 Å². The van der Waals surface area contributed by atoms with Crippen molar-refractivity contribution in [3.05, 3.63) is 30.0 Å². The number of benzene rings is 1. The Morgan fingerprint density at radius 1 is 1.25 bits per heavy atom. The van der Waals surface area contributed by atoms with Crippen molar-refractivity contribution in [3.63, 3.8) is 0 Å². The second-order valence-electron chi connectivity index (χ2n) is 7.98. The van der Waals surface area contributed by atoms with Crippen molar-refractivity contribution in [2.75, 3.05) is 24.5 Å². The molecule has 0 bridgehead atoms. The molecule has 3 rings (SSSR count). The Morgan fingerprint density at radius 2 is 1.89 bits per heavy atom. The van der Waals surface area contributed by atoms with E-state index in [1.807, 2.05) is 24.3 Å². The number of anilines is 1. The number of carbonyl (C=O) groups is 1. The predicted octanol–water partition coefficient (Wildman–Crippen LogP) is 3.64. The summed E-state index contributed by atoms with van der Waals surface area (Å²) >= 11 is 0. The number of para-hydroxylation sites is 2. The van der Waals surface area contributed by atoms with Crippen LogP contribution in [0.5, 0.6) is 0 Å². The van der Waals surface area contributed by atoms with E-state index in [1.165, 1.54) is 6.42 Å². The molecule has 2 aromatic rings. The number of nitrogens with one attached hydrogen (secondary N) is 1. The second-order valence-corrected chi connectivity index (χ2v) is 7.98. The van der Waals surface area contributed by atoms with E-state index in [2.05, 4.69) is 37.1 Å². The first-order valence-corrected chi connectivity index (χ1v) is 10.2. The lowest BCUT2D eigenvalue weighted by atomic mass is 9.91. The zero-order valence-corrected chi connectivity index (χ0v) is 17.0. The van der Waals surface area contributed by atoms with Crippen LogP contribution in [0.25, 0.3) is 11.0 Å². The minimum absolute atomic E-state index is 0.292. The normalized spacial score (nSPS) is 20.6. The molecule has 1 aromatic carbocycles. The Balaban J connectivity index is 2.03. The van der Waals surface area contributed by atoms with Crippen molar-refractivity contribution in [1.82, 2.24) is 15.3 Å². The molecule has 1 aromatic heterocycles. The van der Waals surface area contributed by atoms with Gasteiger partial charge in [-0.15, -0.1) is 0 Å². The number of carbonyl (C=O) groups excluding carboxylic acids is 1. The number of aromatic nitrogens is 2. The van der Waals surface area contributed by atoms with Gasteiger partial charge in [0.25, 0.3) is 0 Å². The van der Waals surface area contributed by atoms with Crippen LogP contribution in [0.2, 0.25) is 0 Å². The van der Waals surface area contributed by atoms with E-state index in [1.54, 1.807) is 0 Å². The lowest BCUT2D eigenvalue weighted by molar-refractivity contribution is -0.121. The largest absolute Gasteiger partial charge is 0.355 e. The third kappa shape index (κ3) is 4.41. The van der Waals surface area contributed by atoms with Crippen molar-refractivity contribution in [1.29, 1.82) is 5.26 Å². The van der Waals surface area contributed by atoms with Crippen LogP contribution in [0.3, 0.4) is 0 Å². The molecule has 0 aliphatic carbocycles. The first-order chi connectivity index (χ1) is 13.5. The average molecular weight is 380 g/mol. The fourth-order valence-corrected chi connectivity index (χ4v) is 4.00. The number of amides is 1. The summed E-state index contributed by atoms with van der Waals surface area (Å²) in [7, 11) is 0. The molecule has 0 spiro atoms. The predicted molar refractivity (Wildman–Crippen MR) is 111 cm³/mol. The van der Waals surface area contributed by atoms with Gasteiger partial charge in [0, 0.05) is 19.6 Å². The number of nitriles is 1. The molecule has 6 nitrogen and oxygen atoms in total. The molecular weight excluding hydrogens is 350 g/mol. The smallest absolute Gasteiger partial charge is 0.243 e. The standard InChI is InChI=1S/C22H29N5O/c1-4-5-10-24-22(28)17(12-23)20-21(27-13-15(2)11-16(3)14-27)26-19-9-7-6-8-18(19)25-20/h6-9,15-17H,4-5,10-11,13-14H2,1-3H3,(H,24,28)/t15-,16+,17-/m1/s1. The van der Waals surface area contributed by atoms with Crippen molar-refractivity contribution in [2.45, 2.75) is 46.0 Å². The molecule has 6 heteroatoms. The van der Waals surface area contributed by atoms with Gasteiger partial charge < -0.3 is 10.2 Å². The zero-order valence-electron chi connectivity index (χ0n) is 17.0. The van der Waals surface area contributed by atoms with Crippen LogP contribution in [0.4, 0.5) is 5.82 Å². The van der Waals surface area contributed by atoms with Crippen LogP contribution in [-0.2, 0) is 4.79 Å². The summed E-state index contributed by atoms with van der Waals surface area (Å²) in [4.78, 5) is 24.5. The van der Waals surface area contributed by atoms with Gasteiger partial charge in [-0.1, -0.05) is 39.3 Å². The third-order valence-corrected chi connectivity index (χ3v) is 5.24. The van der Waals surface area contributed by atoms with Gasteiger partial charge in [-0.25, -0.2) is 9.97 Å². The van der Waals surface area contributed by atoms with Gasteiger partial charge in [0.15, 0.2) is 11.7 Å². The molecule has 0 radical (unpaired) electrons. The van der Waals surface area contributed by atoms with Crippen LogP contribution in [-0.4, -0.2) is 35.5 Å². The van der Waals surface area contributed by atoms with E-state index < -0.39 is 5.92 Å². The second kappa shape index (κ2) is 9.01. The maximum Gasteiger partial charge on any atom is 0.243 e. The zero-order chi connectivity index (χ0) is 20.1. The van der Waals surface area contributed by atoms with Gasteiger partial charge in [-0.05, 0) is 36.8 Å². The fourth-order valence-electron chi connectivity index (χ4n) is 4.00. The van der Waals surface area contributed by atoms with Gasteiger partial charge in [0.2, 0.25) is 5.91 Å². The Hall–Kier alpha value is -2.68. The molecule has 3 atom stereocenters. The maximum atomic E-state index is 12.7. The van der Waals surface area contributed by atoms with Crippen LogP contribution in [0, 0.1) is 23.2 Å². The van der Waals surface area contributed by atoms with E-state index in [9.17, 15) is 10.1 Å². The minimum atomic E-state index is -0.962. The number of piperidine rings is 1. The minimum Gasteiger partial charge on any atom is -0.355 e. The SMILES string of the molecule is CCCCNC(=O)[C@H](C#N)c1nc2ccccc2nc1N1C[C@H](C)C[C@H](C)C1. The highest BCUT2D eigenvalue weighted by Gasteiger charge is 2.31. The molecule has 1 amide bonds. The van der Waals surface area contributed by atoms with Crippen molar-refractivity contribution in [2.24, 2.45) is 11.8 Å². The highest BCUT2D eigenvalue weighted by atomic mass is 16.1. The molecule has 1 N–H and O–H groups in total. The number of hydrogen-bond acceptors (Lipinski definition) is 5. The van der Waals surface area contributed by atoms with E-state index in [4.69, 9.17) is 9.97 Å². The van der Waals surface area contributed by atoms with Crippen LogP contribution < -0.4 is 10.2 Å². The van der Waals surface area contributed by atoms with Crippen LogP contribution >= 0.6 is 0 Å². The van der Waals surface area contributed by atoms with Gasteiger partial charge in [0.1, 0.15) is 5.69 Å². The number of hydrogen-bond donors (Lipinski definition) is 1. The van der Waals surface area contributed by atoms with Crippen LogP contribution in [0.1, 0.15) is 51.6 Å². The molecule has 1 fully saturated rings. The first-order valence-electron chi connectivity index (χ1n) is 10.2. The molecule has 1 aliphatic rings. The lowest BCUT2D eigenvalue weighted by Crippen LogP contribution is -2.40. The Labute approximate surface area is 167 Å². The molecule has 1 aliphatic heterocycles. The maximum absolute atomic E-state index is 12.7. The summed E-state index contributed by atoms with van der Waals surface area (Å²) in [5.74, 6) is 0.484. The summed E-state index contributed by atoms with van der Waals surface area (Å²) in [6.07, 6.45) is 3.05. The molecule has 0 saturated carbocycles. The molecule has 1 saturated heterocycles. The highest BCUT2D eigenvalue weighted by molar-refractivity contribution is 5.88. The number of unbranched alkanes of at least 4 members (excludes halogenated alkanes) is 1. The molecular formula is C22H29N5O. The summed E-state index contributed by atoms with van der Waals surface area (Å²) in [5.41, 5.74) is 1.97. The van der Waals surface area contributed by atoms with Gasteiger partial charge >= 0.3 is 0 Å². The van der Waals surface area contributed by atoms with E-state index in [0.29, 0.717) is 35.4 Å². The van der Waals surface area contributed by atoms with E-state index >= 15 is 0 Å². The Morgan fingerprint density at radius 3 is 2.50 bits per heavy atom. The summed E-state index contributed by atoms with van der Waals surface area (Å²) in [6.45, 7) is 8.83. The summed E-state index contributed by atoms with van der Waals surface area (Å²) in [5, 5.41) is 12.7. The number of rotatable bonds is 6. The van der Waals surface area contributed by atoms with Crippen LogP contribution in [0.15, 0.2) is 24.3 Å². The highest BCUT2D eigenvalue weighted by Crippen LogP contribution is 2.31.